The van der Waals surface area contributed by atoms with Crippen molar-refractivity contribution in [3.8, 4) is 30.3 Å². The maximum Gasteiger partial charge on any atom is 0.316 e. The molecular formula is C24H30BrN3O2S. The number of alkyl halides is 1. The van der Waals surface area contributed by atoms with Crippen LogP contribution in [0.4, 0.5) is 0 Å². The normalized spacial score (nSPS) is 24.7. The summed E-state index contributed by atoms with van der Waals surface area (Å²) in [4.78, 5) is 20.7. The van der Waals surface area contributed by atoms with Crippen LogP contribution in [0.2, 0.25) is 0 Å². The van der Waals surface area contributed by atoms with Crippen molar-refractivity contribution in [2.75, 3.05) is 26.0 Å². The number of esters is 1. The van der Waals surface area contributed by atoms with Crippen LogP contribution in [0.3, 0.4) is 0 Å². The summed E-state index contributed by atoms with van der Waals surface area (Å²) in [6.45, 7) is 0.589. The molecule has 0 fully saturated rings. The molecule has 1 aliphatic carbocycles. The Kier molecular flexibility index (Phi) is 10.5. The highest BCUT2D eigenvalue weighted by Gasteiger charge is 2.53. The third kappa shape index (κ3) is 6.31. The Bertz CT molecular complexity index is 846. The molecule has 0 saturated heterocycles. The molecule has 0 spiro atoms. The quantitative estimate of drug-likeness (QED) is 0.113. The molecular weight excluding hydrogens is 474 g/mol. The van der Waals surface area contributed by atoms with E-state index in [-0.39, 0.29) is 11.3 Å². The number of aliphatic imine (C=N–C) groups is 1. The molecule has 0 saturated carbocycles. The Morgan fingerprint density at radius 2 is 2.26 bits per heavy atom. The Labute approximate surface area is 199 Å². The highest BCUT2D eigenvalue weighted by Crippen LogP contribution is 2.58. The van der Waals surface area contributed by atoms with Crippen molar-refractivity contribution in [1.29, 1.82) is 5.26 Å². The number of carbonyl (C=O) groups is 1. The molecule has 0 N–H and O–H groups in total. The van der Waals surface area contributed by atoms with Gasteiger partial charge >= 0.3 is 5.97 Å². The summed E-state index contributed by atoms with van der Waals surface area (Å²) in [6, 6.07) is 2.44. The summed E-state index contributed by atoms with van der Waals surface area (Å²) in [5, 5.41) is 10.7. The number of allylic oxidation sites excluding steroid dienone is 1. The summed E-state index contributed by atoms with van der Waals surface area (Å²) in [5.74, 6) is 8.24. The monoisotopic (exact) mass is 503 g/mol. The Hall–Kier alpha value is -1.88. The first kappa shape index (κ1) is 25.4. The number of nitriles is 1. The van der Waals surface area contributed by atoms with Gasteiger partial charge in [0.1, 0.15) is 11.3 Å². The van der Waals surface area contributed by atoms with E-state index in [2.05, 4.69) is 39.8 Å². The first-order valence-electron chi connectivity index (χ1n) is 10.6. The van der Waals surface area contributed by atoms with Gasteiger partial charge in [-0.2, -0.15) is 5.26 Å². The predicted octanol–water partition coefficient (Wildman–Crippen LogP) is 4.74. The Morgan fingerprint density at radius 1 is 1.45 bits per heavy atom. The molecule has 3 atom stereocenters. The second-order valence-electron chi connectivity index (χ2n) is 7.76. The Balaban J connectivity index is 2.18. The average molecular weight is 504 g/mol. The van der Waals surface area contributed by atoms with Gasteiger partial charge in [0.05, 0.1) is 31.5 Å². The third-order valence-electron chi connectivity index (χ3n) is 5.62. The van der Waals surface area contributed by atoms with Crippen LogP contribution in [0, 0.1) is 46.8 Å². The smallest absolute Gasteiger partial charge is 0.316 e. The second kappa shape index (κ2) is 12.8. The minimum atomic E-state index is -0.760. The summed E-state index contributed by atoms with van der Waals surface area (Å²) in [7, 11) is 3.35. The number of ether oxygens (including phenoxy) is 1. The highest BCUT2D eigenvalue weighted by atomic mass is 79.9. The highest BCUT2D eigenvalue weighted by molar-refractivity contribution is 9.09. The molecule has 1 heterocycles. The van der Waals surface area contributed by atoms with E-state index >= 15 is 0 Å². The number of unbranched alkanes of at least 4 members (excludes halogenated alkanes) is 2. The topological polar surface area (TPSA) is 65.7 Å². The van der Waals surface area contributed by atoms with Crippen molar-refractivity contribution in [3.05, 3.63) is 10.5 Å². The zero-order valence-electron chi connectivity index (χ0n) is 18.3. The summed E-state index contributed by atoms with van der Waals surface area (Å²) in [5.41, 5.74) is 0.165. The van der Waals surface area contributed by atoms with Gasteiger partial charge in [0, 0.05) is 25.2 Å². The first-order valence-corrected chi connectivity index (χ1v) is 12.6. The number of rotatable bonds is 9. The van der Waals surface area contributed by atoms with E-state index in [0.29, 0.717) is 25.8 Å². The number of hydrogen-bond acceptors (Lipinski definition) is 5. The minimum Gasteiger partial charge on any atom is -0.468 e. The number of nitrogens with zero attached hydrogens (tertiary/aromatic N) is 3. The molecule has 0 aromatic carbocycles. The van der Waals surface area contributed by atoms with Gasteiger partial charge in [0.2, 0.25) is 0 Å². The van der Waals surface area contributed by atoms with Gasteiger partial charge in [0.15, 0.2) is 0 Å². The van der Waals surface area contributed by atoms with E-state index in [0.717, 1.165) is 47.9 Å². The molecule has 2 aliphatic rings. The molecule has 0 radical (unpaired) electrons. The molecule has 166 valence electrons. The van der Waals surface area contributed by atoms with Gasteiger partial charge < -0.3 is 9.64 Å². The average Bonchev–Trinajstić information content (AvgIpc) is 3.15. The molecule has 7 heteroatoms. The van der Waals surface area contributed by atoms with Gasteiger partial charge in [0.25, 0.3) is 0 Å². The number of terminal acetylenes is 1. The lowest BCUT2D eigenvalue weighted by Gasteiger charge is -2.37. The summed E-state index contributed by atoms with van der Waals surface area (Å²) < 4.78 is 5.22. The molecule has 0 aromatic rings. The fraction of sp³-hybridized carbons (Fsp3) is 0.625. The fourth-order valence-corrected chi connectivity index (χ4v) is 5.92. The molecule has 1 aliphatic heterocycles. The van der Waals surface area contributed by atoms with Gasteiger partial charge in [-0.05, 0) is 49.0 Å². The van der Waals surface area contributed by atoms with Crippen molar-refractivity contribution < 1.29 is 9.53 Å². The van der Waals surface area contributed by atoms with Crippen LogP contribution in [0.1, 0.15) is 51.4 Å². The Morgan fingerprint density at radius 3 is 2.94 bits per heavy atom. The molecule has 31 heavy (non-hydrogen) atoms. The third-order valence-corrected chi connectivity index (χ3v) is 7.53. The zero-order chi connectivity index (χ0) is 22.7. The summed E-state index contributed by atoms with van der Waals surface area (Å²) >= 11 is 5.02. The van der Waals surface area contributed by atoms with Gasteiger partial charge in [-0.25, -0.2) is 0 Å². The van der Waals surface area contributed by atoms with Crippen LogP contribution in [0.5, 0.6) is 0 Å². The van der Waals surface area contributed by atoms with Crippen LogP contribution in [-0.2, 0) is 9.53 Å². The van der Waals surface area contributed by atoms with E-state index < -0.39 is 11.3 Å². The number of thioether (sulfide) groups is 1. The van der Waals surface area contributed by atoms with Crippen molar-refractivity contribution in [3.63, 3.8) is 0 Å². The second-order valence-corrected chi connectivity index (χ2v) is 9.77. The van der Waals surface area contributed by atoms with Crippen molar-refractivity contribution in [2.24, 2.45) is 16.3 Å². The first-order chi connectivity index (χ1) is 15.0. The van der Waals surface area contributed by atoms with Crippen molar-refractivity contribution in [1.82, 2.24) is 4.90 Å². The van der Waals surface area contributed by atoms with Crippen LogP contribution < -0.4 is 0 Å². The number of methoxy groups -OCH3 is 1. The summed E-state index contributed by atoms with van der Waals surface area (Å²) in [6.07, 6.45) is 13.5. The SMILES string of the molecule is C#CCCCC1(C(=O)OC)CCCC2=C1C(C#N)C(N=CN(C)CC#CCCCBr)S2. The van der Waals surface area contributed by atoms with E-state index in [1.807, 2.05) is 11.9 Å². The van der Waals surface area contributed by atoms with Crippen LogP contribution >= 0.6 is 27.7 Å². The van der Waals surface area contributed by atoms with Crippen molar-refractivity contribution in [2.45, 2.75) is 56.7 Å². The van der Waals surface area contributed by atoms with E-state index in [4.69, 9.17) is 16.2 Å². The molecule has 5 nitrogen and oxygen atoms in total. The minimum absolute atomic E-state index is 0.252. The molecule has 0 aromatic heterocycles. The van der Waals surface area contributed by atoms with Crippen LogP contribution in [0.25, 0.3) is 0 Å². The maximum absolute atomic E-state index is 13.0. The molecule has 0 amide bonds. The zero-order valence-corrected chi connectivity index (χ0v) is 20.7. The molecule has 2 rings (SSSR count). The predicted molar refractivity (Wildman–Crippen MR) is 130 cm³/mol. The molecule has 3 unspecified atom stereocenters. The van der Waals surface area contributed by atoms with Crippen molar-refractivity contribution >= 4 is 40.0 Å². The van der Waals surface area contributed by atoms with Gasteiger partial charge in [-0.15, -0.1) is 30.0 Å². The lowest BCUT2D eigenvalue weighted by atomic mass is 9.65. The lowest BCUT2D eigenvalue weighted by molar-refractivity contribution is -0.152. The number of carbonyl (C=O) groups excluding carboxylic acids is 1. The number of halogens is 1. The molecule has 0 bridgehead atoms. The van der Waals surface area contributed by atoms with E-state index in [1.54, 1.807) is 18.1 Å². The standard InChI is InChI=1S/C24H30BrN3O2S/c1-4-5-8-13-24(23(29)30-3)14-11-12-20-21(24)19(17-26)22(31-20)27-18-28(2)16-10-7-6-9-15-25/h1,18-19,22H,5-6,8-9,11-16H2,2-3H3. The van der Waals surface area contributed by atoms with E-state index in [9.17, 15) is 10.1 Å². The largest absolute Gasteiger partial charge is 0.468 e. The maximum atomic E-state index is 13.0. The fourth-order valence-electron chi connectivity index (χ4n) is 4.19. The van der Waals surface area contributed by atoms with Crippen LogP contribution in [-0.4, -0.2) is 48.6 Å². The van der Waals surface area contributed by atoms with Gasteiger partial charge in [-0.3, -0.25) is 9.79 Å². The van der Waals surface area contributed by atoms with Gasteiger partial charge in [-0.1, -0.05) is 21.9 Å². The van der Waals surface area contributed by atoms with Crippen LogP contribution in [0.15, 0.2) is 15.5 Å². The lowest BCUT2D eigenvalue weighted by Crippen LogP contribution is -2.39. The number of hydrogen-bond donors (Lipinski definition) is 0. The van der Waals surface area contributed by atoms with E-state index in [1.165, 1.54) is 7.11 Å².